The van der Waals surface area contributed by atoms with Gasteiger partial charge in [0.05, 0.1) is 0 Å². The number of hydrogen-bond acceptors (Lipinski definition) is 2. The first-order chi connectivity index (χ1) is 9.81. The van der Waals surface area contributed by atoms with Crippen LogP contribution < -0.4 is 5.32 Å². The molecule has 2 heteroatoms. The van der Waals surface area contributed by atoms with E-state index in [2.05, 4.69) is 41.4 Å². The van der Waals surface area contributed by atoms with Crippen LogP contribution in [-0.2, 0) is 13.0 Å². The number of piperidine rings is 1. The van der Waals surface area contributed by atoms with Gasteiger partial charge >= 0.3 is 0 Å². The van der Waals surface area contributed by atoms with Crippen LogP contribution in [0.3, 0.4) is 0 Å². The van der Waals surface area contributed by atoms with Gasteiger partial charge in [-0.15, -0.1) is 0 Å². The van der Waals surface area contributed by atoms with E-state index in [1.165, 1.54) is 49.8 Å². The van der Waals surface area contributed by atoms with Gasteiger partial charge in [0, 0.05) is 18.6 Å². The van der Waals surface area contributed by atoms with Crippen LogP contribution in [0.5, 0.6) is 0 Å². The van der Waals surface area contributed by atoms with Crippen molar-refractivity contribution in [1.82, 2.24) is 10.2 Å². The smallest absolute Gasteiger partial charge is 0.0236 e. The predicted molar refractivity (Wildman–Crippen MR) is 84.9 cm³/mol. The Bertz CT molecular complexity index is 408. The fourth-order valence-corrected chi connectivity index (χ4v) is 3.15. The maximum absolute atomic E-state index is 3.58. The summed E-state index contributed by atoms with van der Waals surface area (Å²) < 4.78 is 0. The molecule has 0 spiro atoms. The minimum Gasteiger partial charge on any atom is -0.314 e. The molecule has 1 heterocycles. The van der Waals surface area contributed by atoms with Gasteiger partial charge in [-0.25, -0.2) is 0 Å². The minimum atomic E-state index is 0.756. The van der Waals surface area contributed by atoms with E-state index >= 15 is 0 Å². The first kappa shape index (κ1) is 14.1. The predicted octanol–water partition coefficient (Wildman–Crippen LogP) is 3.36. The lowest BCUT2D eigenvalue weighted by Gasteiger charge is -2.33. The second-order valence-corrected chi connectivity index (χ2v) is 6.61. The molecule has 20 heavy (non-hydrogen) atoms. The Morgan fingerprint density at radius 2 is 1.80 bits per heavy atom. The molecule has 1 N–H and O–H groups in total. The van der Waals surface area contributed by atoms with Crippen LogP contribution in [0.15, 0.2) is 24.3 Å². The Hall–Kier alpha value is -0.860. The number of hydrogen-bond donors (Lipinski definition) is 1. The molecule has 1 aromatic rings. The Balaban J connectivity index is 1.47. The third-order valence-corrected chi connectivity index (χ3v) is 4.77. The average Bonchev–Trinajstić information content (AvgIpc) is 3.28. The number of likely N-dealkylation sites (tertiary alicyclic amines) is 1. The number of nitrogens with one attached hydrogen (secondary N) is 1. The first-order valence-corrected chi connectivity index (χ1v) is 8.36. The molecule has 1 aromatic carbocycles. The van der Waals surface area contributed by atoms with E-state index in [1.54, 1.807) is 0 Å². The van der Waals surface area contributed by atoms with Crippen LogP contribution in [0.25, 0.3) is 0 Å². The Morgan fingerprint density at radius 3 is 2.50 bits per heavy atom. The van der Waals surface area contributed by atoms with Gasteiger partial charge in [-0.2, -0.15) is 0 Å². The summed E-state index contributed by atoms with van der Waals surface area (Å²) in [6.07, 6.45) is 8.07. The first-order valence-electron chi connectivity index (χ1n) is 8.36. The lowest BCUT2D eigenvalue weighted by atomic mass is 10.0. The Morgan fingerprint density at radius 1 is 1.05 bits per heavy atom. The molecular formula is C18H28N2. The summed E-state index contributed by atoms with van der Waals surface area (Å²) in [5, 5.41) is 3.58. The largest absolute Gasteiger partial charge is 0.314 e. The van der Waals surface area contributed by atoms with Crippen molar-refractivity contribution in [3.05, 3.63) is 35.4 Å². The maximum Gasteiger partial charge on any atom is 0.0236 e. The summed E-state index contributed by atoms with van der Waals surface area (Å²) in [6.45, 7) is 5.90. The quantitative estimate of drug-likeness (QED) is 0.854. The van der Waals surface area contributed by atoms with Crippen LogP contribution in [0.4, 0.5) is 0 Å². The van der Waals surface area contributed by atoms with Crippen molar-refractivity contribution in [1.29, 1.82) is 0 Å². The van der Waals surface area contributed by atoms with Gasteiger partial charge in [0.2, 0.25) is 0 Å². The minimum absolute atomic E-state index is 0.756. The molecule has 0 aromatic heterocycles. The van der Waals surface area contributed by atoms with Gasteiger partial charge in [0.15, 0.2) is 0 Å². The molecule has 110 valence electrons. The fourth-order valence-electron chi connectivity index (χ4n) is 3.15. The average molecular weight is 272 g/mol. The molecule has 2 fully saturated rings. The summed E-state index contributed by atoms with van der Waals surface area (Å²) in [7, 11) is 0. The molecule has 2 nitrogen and oxygen atoms in total. The molecule has 0 radical (unpaired) electrons. The highest BCUT2D eigenvalue weighted by Gasteiger charge is 2.19. The number of rotatable bonds is 6. The zero-order valence-electron chi connectivity index (χ0n) is 12.8. The third kappa shape index (κ3) is 4.07. The molecule has 1 atom stereocenters. The molecule has 2 aliphatic rings. The Labute approximate surface area is 123 Å². The number of benzene rings is 1. The van der Waals surface area contributed by atoms with Crippen molar-refractivity contribution in [3.8, 4) is 0 Å². The van der Waals surface area contributed by atoms with E-state index in [1.807, 2.05) is 0 Å². The second kappa shape index (κ2) is 6.73. The van der Waals surface area contributed by atoms with Gasteiger partial charge in [-0.1, -0.05) is 30.7 Å². The monoisotopic (exact) mass is 272 g/mol. The van der Waals surface area contributed by atoms with Crippen molar-refractivity contribution >= 4 is 0 Å². The highest BCUT2D eigenvalue weighted by Crippen LogP contribution is 2.20. The SMILES string of the molecule is CC1CCCCN1Cc1ccc(CCNC2CC2)cc1. The van der Waals surface area contributed by atoms with Gasteiger partial charge in [-0.3, -0.25) is 4.90 Å². The summed E-state index contributed by atoms with van der Waals surface area (Å²) in [4.78, 5) is 2.63. The van der Waals surface area contributed by atoms with Crippen molar-refractivity contribution in [2.24, 2.45) is 0 Å². The molecule has 1 saturated heterocycles. The highest BCUT2D eigenvalue weighted by atomic mass is 15.2. The van der Waals surface area contributed by atoms with Crippen LogP contribution in [-0.4, -0.2) is 30.1 Å². The summed E-state index contributed by atoms with van der Waals surface area (Å²) >= 11 is 0. The normalized spacial score (nSPS) is 23.9. The van der Waals surface area contributed by atoms with Crippen molar-refractivity contribution in [2.45, 2.75) is 64.1 Å². The molecule has 3 rings (SSSR count). The molecule has 0 bridgehead atoms. The maximum atomic E-state index is 3.58. The molecule has 1 saturated carbocycles. The van der Waals surface area contributed by atoms with E-state index in [0.29, 0.717) is 0 Å². The Kier molecular flexibility index (Phi) is 4.74. The van der Waals surface area contributed by atoms with Crippen LogP contribution in [0, 0.1) is 0 Å². The van der Waals surface area contributed by atoms with E-state index in [9.17, 15) is 0 Å². The lowest BCUT2D eigenvalue weighted by Crippen LogP contribution is -2.36. The van der Waals surface area contributed by atoms with Crippen molar-refractivity contribution < 1.29 is 0 Å². The van der Waals surface area contributed by atoms with Gasteiger partial charge in [0.25, 0.3) is 0 Å². The molecular weight excluding hydrogens is 244 g/mol. The van der Waals surface area contributed by atoms with E-state index in [4.69, 9.17) is 0 Å². The molecule has 1 aliphatic carbocycles. The summed E-state index contributed by atoms with van der Waals surface area (Å²) in [5.74, 6) is 0. The summed E-state index contributed by atoms with van der Waals surface area (Å²) in [5.41, 5.74) is 2.94. The third-order valence-electron chi connectivity index (χ3n) is 4.77. The standard InChI is InChI=1S/C18H28N2/c1-15-4-2-3-13-20(15)14-17-7-5-16(6-8-17)11-12-19-18-9-10-18/h5-8,15,18-19H,2-4,9-14H2,1H3. The number of nitrogens with zero attached hydrogens (tertiary/aromatic N) is 1. The lowest BCUT2D eigenvalue weighted by molar-refractivity contribution is 0.152. The zero-order valence-corrected chi connectivity index (χ0v) is 12.8. The second-order valence-electron chi connectivity index (χ2n) is 6.61. The van der Waals surface area contributed by atoms with Crippen LogP contribution in [0.2, 0.25) is 0 Å². The van der Waals surface area contributed by atoms with Crippen LogP contribution >= 0.6 is 0 Å². The van der Waals surface area contributed by atoms with Crippen molar-refractivity contribution in [2.75, 3.05) is 13.1 Å². The van der Waals surface area contributed by atoms with E-state index in [0.717, 1.165) is 31.6 Å². The van der Waals surface area contributed by atoms with Crippen LogP contribution in [0.1, 0.15) is 50.2 Å². The summed E-state index contributed by atoms with van der Waals surface area (Å²) in [6, 6.07) is 10.9. The fraction of sp³-hybridized carbons (Fsp3) is 0.667. The van der Waals surface area contributed by atoms with Gasteiger partial charge in [-0.05, 0) is 63.2 Å². The van der Waals surface area contributed by atoms with Crippen molar-refractivity contribution in [3.63, 3.8) is 0 Å². The molecule has 0 amide bonds. The zero-order chi connectivity index (χ0) is 13.8. The highest BCUT2D eigenvalue weighted by molar-refractivity contribution is 5.23. The van der Waals surface area contributed by atoms with Gasteiger partial charge in [0.1, 0.15) is 0 Å². The van der Waals surface area contributed by atoms with Gasteiger partial charge < -0.3 is 5.32 Å². The van der Waals surface area contributed by atoms with E-state index in [-0.39, 0.29) is 0 Å². The molecule has 1 unspecified atom stereocenters. The van der Waals surface area contributed by atoms with E-state index < -0.39 is 0 Å². The molecule has 1 aliphatic heterocycles. The topological polar surface area (TPSA) is 15.3 Å².